The van der Waals surface area contributed by atoms with Gasteiger partial charge in [0.05, 0.1) is 13.2 Å². The van der Waals surface area contributed by atoms with E-state index in [1.165, 1.54) is 0 Å². The first-order valence-corrected chi connectivity index (χ1v) is 6.02. The number of aliphatic hydroxyl groups excluding tert-OH is 1. The summed E-state index contributed by atoms with van der Waals surface area (Å²) in [5.41, 5.74) is 9.38. The maximum atomic E-state index is 9.68. The van der Waals surface area contributed by atoms with Crippen molar-refractivity contribution in [3.63, 3.8) is 0 Å². The predicted octanol–water partition coefficient (Wildman–Crippen LogP) is 2.14. The van der Waals surface area contributed by atoms with Crippen LogP contribution in [-0.2, 0) is 6.42 Å². The van der Waals surface area contributed by atoms with Gasteiger partial charge in [0.1, 0.15) is 5.75 Å². The minimum Gasteiger partial charge on any atom is -0.496 e. The van der Waals surface area contributed by atoms with Gasteiger partial charge in [0, 0.05) is 23.6 Å². The molecule has 0 aromatic heterocycles. The third kappa shape index (κ3) is 2.73. The number of methoxy groups -OCH3 is 1. The third-order valence-corrected chi connectivity index (χ3v) is 3.77. The molecule has 0 spiro atoms. The fourth-order valence-corrected chi connectivity index (χ4v) is 2.24. The van der Waals surface area contributed by atoms with Crippen LogP contribution in [0, 0.1) is 20.8 Å². The predicted molar refractivity (Wildman–Crippen MR) is 71.0 cm³/mol. The van der Waals surface area contributed by atoms with Crippen molar-refractivity contribution in [2.45, 2.75) is 33.3 Å². The Morgan fingerprint density at radius 2 is 1.82 bits per heavy atom. The van der Waals surface area contributed by atoms with Crippen LogP contribution in [0.2, 0.25) is 5.02 Å². The van der Waals surface area contributed by atoms with Crippen molar-refractivity contribution < 1.29 is 9.84 Å². The number of ether oxygens (including phenoxy) is 1. The van der Waals surface area contributed by atoms with Gasteiger partial charge in [-0.25, -0.2) is 0 Å². The zero-order valence-electron chi connectivity index (χ0n) is 10.8. The van der Waals surface area contributed by atoms with Crippen molar-refractivity contribution in [2.24, 2.45) is 5.73 Å². The Balaban J connectivity index is 3.36. The largest absolute Gasteiger partial charge is 0.496 e. The van der Waals surface area contributed by atoms with Crippen LogP contribution in [0.4, 0.5) is 0 Å². The molecule has 0 fully saturated rings. The molecule has 1 atom stereocenters. The Labute approximate surface area is 108 Å². The zero-order chi connectivity index (χ0) is 13.2. The summed E-state index contributed by atoms with van der Waals surface area (Å²) < 4.78 is 5.43. The van der Waals surface area contributed by atoms with Crippen LogP contribution in [0.15, 0.2) is 0 Å². The first-order valence-electron chi connectivity index (χ1n) is 5.64. The summed E-state index contributed by atoms with van der Waals surface area (Å²) in [6.45, 7) is 6.11. The Kier molecular flexibility index (Phi) is 4.80. The summed E-state index contributed by atoms with van der Waals surface area (Å²) in [6, 6.07) is 0. The van der Waals surface area contributed by atoms with Crippen LogP contribution in [0.25, 0.3) is 0 Å². The lowest BCUT2D eigenvalue weighted by Crippen LogP contribution is -2.23. The second kappa shape index (κ2) is 5.71. The number of aliphatic hydroxyl groups is 1. The average Bonchev–Trinajstić information content (AvgIpc) is 2.33. The van der Waals surface area contributed by atoms with Crippen molar-refractivity contribution in [1.82, 2.24) is 0 Å². The topological polar surface area (TPSA) is 55.5 Å². The molecule has 1 unspecified atom stereocenters. The first-order chi connectivity index (χ1) is 7.93. The molecular formula is C13H20ClNO2. The van der Waals surface area contributed by atoms with Crippen LogP contribution >= 0.6 is 11.6 Å². The maximum absolute atomic E-state index is 9.68. The molecule has 3 nitrogen and oxygen atoms in total. The normalized spacial score (nSPS) is 12.6. The molecule has 1 aromatic rings. The second-order valence-corrected chi connectivity index (χ2v) is 4.67. The van der Waals surface area contributed by atoms with Crippen LogP contribution in [-0.4, -0.2) is 24.9 Å². The molecule has 0 aliphatic carbocycles. The van der Waals surface area contributed by atoms with Gasteiger partial charge >= 0.3 is 0 Å². The Bertz CT molecular complexity index is 419. The van der Waals surface area contributed by atoms with Gasteiger partial charge in [-0.2, -0.15) is 0 Å². The molecule has 0 radical (unpaired) electrons. The van der Waals surface area contributed by atoms with E-state index in [4.69, 9.17) is 22.1 Å². The average molecular weight is 258 g/mol. The number of hydrogen-bond acceptors (Lipinski definition) is 3. The standard InChI is InChI=1S/C13H20ClNO2/c1-7-8(2)13(17-4)11(5-10(16)6-15)9(3)12(7)14/h10,16H,5-6,15H2,1-4H3. The van der Waals surface area contributed by atoms with Crippen LogP contribution in [0.5, 0.6) is 5.75 Å². The zero-order valence-corrected chi connectivity index (χ0v) is 11.6. The van der Waals surface area contributed by atoms with E-state index in [-0.39, 0.29) is 6.54 Å². The van der Waals surface area contributed by atoms with Crippen LogP contribution in [0.3, 0.4) is 0 Å². The Hall–Kier alpha value is -0.770. The lowest BCUT2D eigenvalue weighted by Gasteiger charge is -2.20. The summed E-state index contributed by atoms with van der Waals surface area (Å²) in [5.74, 6) is 0.803. The van der Waals surface area contributed by atoms with Gasteiger partial charge in [-0.1, -0.05) is 11.6 Å². The molecule has 0 saturated carbocycles. The van der Waals surface area contributed by atoms with Gasteiger partial charge in [0.25, 0.3) is 0 Å². The minimum atomic E-state index is -0.569. The summed E-state index contributed by atoms with van der Waals surface area (Å²) in [7, 11) is 1.63. The molecule has 1 rings (SSSR count). The monoisotopic (exact) mass is 257 g/mol. The van der Waals surface area contributed by atoms with E-state index in [9.17, 15) is 5.11 Å². The number of rotatable bonds is 4. The van der Waals surface area contributed by atoms with E-state index < -0.39 is 6.10 Å². The molecule has 96 valence electrons. The molecule has 0 amide bonds. The first kappa shape index (κ1) is 14.3. The Morgan fingerprint density at radius 3 is 2.29 bits per heavy atom. The highest BCUT2D eigenvalue weighted by Crippen LogP contribution is 2.36. The summed E-state index contributed by atoms with van der Waals surface area (Å²) in [6.07, 6.45) is -0.104. The summed E-state index contributed by atoms with van der Waals surface area (Å²) in [5, 5.41) is 10.4. The number of hydrogen-bond donors (Lipinski definition) is 2. The summed E-state index contributed by atoms with van der Waals surface area (Å²) in [4.78, 5) is 0. The number of benzene rings is 1. The smallest absolute Gasteiger partial charge is 0.125 e. The van der Waals surface area contributed by atoms with E-state index in [1.54, 1.807) is 7.11 Å². The van der Waals surface area contributed by atoms with Crippen molar-refractivity contribution >= 4 is 11.6 Å². The van der Waals surface area contributed by atoms with Crippen LogP contribution in [0.1, 0.15) is 22.3 Å². The molecule has 0 bridgehead atoms. The molecule has 4 heteroatoms. The van der Waals surface area contributed by atoms with Crippen molar-refractivity contribution in [1.29, 1.82) is 0 Å². The molecule has 0 aliphatic heterocycles. The molecule has 0 heterocycles. The van der Waals surface area contributed by atoms with E-state index in [1.807, 2.05) is 20.8 Å². The van der Waals surface area contributed by atoms with Gasteiger partial charge < -0.3 is 15.6 Å². The number of nitrogens with two attached hydrogens (primary N) is 1. The highest BCUT2D eigenvalue weighted by Gasteiger charge is 2.18. The highest BCUT2D eigenvalue weighted by atomic mass is 35.5. The molecule has 0 aliphatic rings. The van der Waals surface area contributed by atoms with Gasteiger partial charge in [-0.3, -0.25) is 0 Å². The molecule has 17 heavy (non-hydrogen) atoms. The molecule has 1 aromatic carbocycles. The second-order valence-electron chi connectivity index (χ2n) is 4.29. The molecule has 0 saturated heterocycles. The highest BCUT2D eigenvalue weighted by molar-refractivity contribution is 6.32. The van der Waals surface area contributed by atoms with Crippen molar-refractivity contribution in [3.05, 3.63) is 27.3 Å². The van der Waals surface area contributed by atoms with Gasteiger partial charge in [-0.05, 0) is 37.5 Å². The lowest BCUT2D eigenvalue weighted by molar-refractivity contribution is 0.182. The van der Waals surface area contributed by atoms with E-state index in [2.05, 4.69) is 0 Å². The van der Waals surface area contributed by atoms with E-state index in [0.717, 1.165) is 33.0 Å². The minimum absolute atomic E-state index is 0.229. The van der Waals surface area contributed by atoms with Crippen molar-refractivity contribution in [3.8, 4) is 5.75 Å². The van der Waals surface area contributed by atoms with E-state index in [0.29, 0.717) is 6.42 Å². The fourth-order valence-electron chi connectivity index (χ4n) is 1.99. The molecule has 3 N–H and O–H groups in total. The lowest BCUT2D eigenvalue weighted by atomic mass is 9.95. The van der Waals surface area contributed by atoms with Crippen molar-refractivity contribution in [2.75, 3.05) is 13.7 Å². The number of halogens is 1. The van der Waals surface area contributed by atoms with Crippen LogP contribution < -0.4 is 10.5 Å². The quantitative estimate of drug-likeness (QED) is 0.869. The van der Waals surface area contributed by atoms with E-state index >= 15 is 0 Å². The molecular weight excluding hydrogens is 238 g/mol. The Morgan fingerprint density at radius 1 is 1.24 bits per heavy atom. The van der Waals surface area contributed by atoms with Gasteiger partial charge in [0.2, 0.25) is 0 Å². The van der Waals surface area contributed by atoms with Gasteiger partial charge in [0.15, 0.2) is 0 Å². The fraction of sp³-hybridized carbons (Fsp3) is 0.538. The SMILES string of the molecule is COc1c(C)c(C)c(Cl)c(C)c1CC(O)CN. The third-order valence-electron chi connectivity index (χ3n) is 3.20. The van der Waals surface area contributed by atoms with Gasteiger partial charge in [-0.15, -0.1) is 0 Å². The summed E-state index contributed by atoms with van der Waals surface area (Å²) >= 11 is 6.28. The maximum Gasteiger partial charge on any atom is 0.125 e.